The van der Waals surface area contributed by atoms with Crippen molar-refractivity contribution in [2.45, 2.75) is 37.8 Å². The second kappa shape index (κ2) is 4.49. The van der Waals surface area contributed by atoms with Crippen LogP contribution < -0.4 is 0 Å². The minimum absolute atomic E-state index is 0.0854. The van der Waals surface area contributed by atoms with Gasteiger partial charge >= 0.3 is 5.97 Å². The molecule has 4 heteroatoms. The van der Waals surface area contributed by atoms with E-state index in [-0.39, 0.29) is 18.1 Å². The van der Waals surface area contributed by atoms with Crippen molar-refractivity contribution in [2.24, 2.45) is 5.92 Å². The first-order valence-electron chi connectivity index (χ1n) is 5.73. The first-order valence-corrected chi connectivity index (χ1v) is 5.73. The number of cyclic esters (lactones) is 1. The van der Waals surface area contributed by atoms with Crippen molar-refractivity contribution in [1.29, 1.82) is 0 Å². The van der Waals surface area contributed by atoms with Gasteiger partial charge < -0.3 is 9.84 Å². The van der Waals surface area contributed by atoms with Crippen molar-refractivity contribution in [3.05, 3.63) is 0 Å². The number of esters is 1. The number of aliphatic hydroxyl groups excluding tert-OH is 1. The molecule has 1 saturated carbocycles. The van der Waals surface area contributed by atoms with Crippen molar-refractivity contribution in [2.75, 3.05) is 20.2 Å². The number of rotatable bonds is 3. The molecule has 3 unspecified atom stereocenters. The van der Waals surface area contributed by atoms with Gasteiger partial charge in [0.2, 0.25) is 0 Å². The van der Waals surface area contributed by atoms with E-state index in [1.165, 1.54) is 0 Å². The molecule has 0 aromatic rings. The van der Waals surface area contributed by atoms with Gasteiger partial charge in [-0.3, -0.25) is 9.69 Å². The molecule has 0 spiro atoms. The number of likely N-dealkylation sites (N-methyl/N-ethyl adjacent to an activating group) is 1. The topological polar surface area (TPSA) is 49.8 Å². The zero-order valence-electron chi connectivity index (χ0n) is 9.19. The van der Waals surface area contributed by atoms with Gasteiger partial charge in [-0.1, -0.05) is 6.42 Å². The average Bonchev–Trinajstić information content (AvgIpc) is 2.76. The van der Waals surface area contributed by atoms with Gasteiger partial charge in [-0.05, 0) is 25.8 Å². The summed E-state index contributed by atoms with van der Waals surface area (Å²) in [5.74, 6) is 0.230. The lowest BCUT2D eigenvalue weighted by molar-refractivity contribution is -0.142. The molecule has 86 valence electrons. The van der Waals surface area contributed by atoms with Gasteiger partial charge in [-0.15, -0.1) is 0 Å². The molecule has 1 N–H and O–H groups in total. The molecule has 0 amide bonds. The highest BCUT2D eigenvalue weighted by molar-refractivity contribution is 5.77. The van der Waals surface area contributed by atoms with E-state index in [0.717, 1.165) is 32.2 Å². The maximum atomic E-state index is 11.3. The summed E-state index contributed by atoms with van der Waals surface area (Å²) in [5.41, 5.74) is 0. The van der Waals surface area contributed by atoms with Crippen LogP contribution in [0.1, 0.15) is 25.7 Å². The molecule has 3 atom stereocenters. The maximum Gasteiger partial charge on any atom is 0.323 e. The lowest BCUT2D eigenvalue weighted by Crippen LogP contribution is -2.40. The van der Waals surface area contributed by atoms with Crippen LogP contribution in [0.15, 0.2) is 0 Å². The number of hydrogen-bond donors (Lipinski definition) is 1. The molecule has 2 aliphatic rings. The second-order valence-electron chi connectivity index (χ2n) is 4.67. The number of carbonyl (C=O) groups is 1. The Labute approximate surface area is 90.2 Å². The van der Waals surface area contributed by atoms with Crippen LogP contribution in [0, 0.1) is 5.92 Å². The fourth-order valence-corrected chi connectivity index (χ4v) is 2.61. The zero-order valence-corrected chi connectivity index (χ0v) is 9.19. The Morgan fingerprint density at radius 2 is 2.27 bits per heavy atom. The van der Waals surface area contributed by atoms with Gasteiger partial charge in [0.25, 0.3) is 0 Å². The number of hydrogen-bond acceptors (Lipinski definition) is 4. The highest BCUT2D eigenvalue weighted by Crippen LogP contribution is 2.27. The molecule has 2 rings (SSSR count). The van der Waals surface area contributed by atoms with Crippen molar-refractivity contribution in [3.8, 4) is 0 Å². The molecule has 2 fully saturated rings. The molecule has 0 radical (unpaired) electrons. The van der Waals surface area contributed by atoms with Gasteiger partial charge in [-0.2, -0.15) is 0 Å². The normalized spacial score (nSPS) is 36.2. The lowest BCUT2D eigenvalue weighted by atomic mass is 10.0. The first-order chi connectivity index (χ1) is 7.18. The number of ether oxygens (including phenoxy) is 1. The Morgan fingerprint density at radius 3 is 2.80 bits per heavy atom. The number of carbonyl (C=O) groups excluding carboxylic acids is 1. The molecule has 0 aromatic carbocycles. The molecule has 0 bridgehead atoms. The molecule has 1 heterocycles. The third-order valence-electron chi connectivity index (χ3n) is 3.58. The number of nitrogens with zero attached hydrogens (tertiary/aromatic N) is 1. The molecular formula is C11H19NO3. The van der Waals surface area contributed by atoms with Crippen molar-refractivity contribution in [1.82, 2.24) is 4.90 Å². The Bertz CT molecular complexity index is 244. The van der Waals surface area contributed by atoms with Crippen LogP contribution in [0.25, 0.3) is 0 Å². The molecule has 0 aromatic heterocycles. The summed E-state index contributed by atoms with van der Waals surface area (Å²) in [6, 6.07) is -0.0854. The van der Waals surface area contributed by atoms with Gasteiger partial charge in [0, 0.05) is 13.0 Å². The van der Waals surface area contributed by atoms with Crippen LogP contribution in [-0.4, -0.2) is 48.3 Å². The summed E-state index contributed by atoms with van der Waals surface area (Å²) in [4.78, 5) is 13.4. The Morgan fingerprint density at radius 1 is 1.47 bits per heavy atom. The van der Waals surface area contributed by atoms with Crippen molar-refractivity contribution in [3.63, 3.8) is 0 Å². The van der Waals surface area contributed by atoms with Crippen LogP contribution in [0.4, 0.5) is 0 Å². The third-order valence-corrected chi connectivity index (χ3v) is 3.58. The molecule has 1 aliphatic carbocycles. The highest BCUT2D eigenvalue weighted by Gasteiger charge is 2.33. The fraction of sp³-hybridized carbons (Fsp3) is 0.909. The summed E-state index contributed by atoms with van der Waals surface area (Å²) in [6.07, 6.45) is 3.71. The van der Waals surface area contributed by atoms with E-state index in [9.17, 15) is 9.90 Å². The summed E-state index contributed by atoms with van der Waals surface area (Å²) < 4.78 is 4.93. The van der Waals surface area contributed by atoms with Crippen LogP contribution in [0.3, 0.4) is 0 Å². The Hall–Kier alpha value is -0.610. The Balaban J connectivity index is 1.85. The Kier molecular flexibility index (Phi) is 3.26. The summed E-state index contributed by atoms with van der Waals surface area (Å²) in [6.45, 7) is 1.35. The first kappa shape index (κ1) is 10.9. The summed E-state index contributed by atoms with van der Waals surface area (Å²) >= 11 is 0. The van der Waals surface area contributed by atoms with E-state index in [1.54, 1.807) is 0 Å². The van der Waals surface area contributed by atoms with Crippen LogP contribution >= 0.6 is 0 Å². The minimum Gasteiger partial charge on any atom is -0.464 e. The standard InChI is InChI=1S/C11H19NO3/c1-12(9-5-6-15-11(9)14)7-8-3-2-4-10(8)13/h8-10,13H,2-7H2,1H3. The smallest absolute Gasteiger partial charge is 0.323 e. The van der Waals surface area contributed by atoms with E-state index in [2.05, 4.69) is 0 Å². The predicted octanol–water partition coefficient (Wildman–Crippen LogP) is 0.395. The highest BCUT2D eigenvalue weighted by atomic mass is 16.5. The SMILES string of the molecule is CN(CC1CCCC1O)C1CCOC1=O. The van der Waals surface area contributed by atoms with E-state index in [4.69, 9.17) is 4.74 Å². The fourth-order valence-electron chi connectivity index (χ4n) is 2.61. The van der Waals surface area contributed by atoms with Crippen molar-refractivity contribution < 1.29 is 14.6 Å². The van der Waals surface area contributed by atoms with Gasteiger partial charge in [0.05, 0.1) is 12.7 Å². The zero-order chi connectivity index (χ0) is 10.8. The summed E-state index contributed by atoms with van der Waals surface area (Å²) in [5, 5.41) is 9.70. The third kappa shape index (κ3) is 2.32. The van der Waals surface area contributed by atoms with Crippen LogP contribution in [0.2, 0.25) is 0 Å². The molecular weight excluding hydrogens is 194 g/mol. The number of aliphatic hydroxyl groups is 1. The molecule has 1 aliphatic heterocycles. The van der Waals surface area contributed by atoms with E-state index in [0.29, 0.717) is 12.5 Å². The molecule has 15 heavy (non-hydrogen) atoms. The quantitative estimate of drug-likeness (QED) is 0.689. The molecule has 1 saturated heterocycles. The minimum atomic E-state index is -0.176. The van der Waals surface area contributed by atoms with E-state index < -0.39 is 0 Å². The predicted molar refractivity (Wildman–Crippen MR) is 55.3 cm³/mol. The maximum absolute atomic E-state index is 11.3. The van der Waals surface area contributed by atoms with E-state index >= 15 is 0 Å². The average molecular weight is 213 g/mol. The van der Waals surface area contributed by atoms with Crippen LogP contribution in [-0.2, 0) is 9.53 Å². The van der Waals surface area contributed by atoms with Gasteiger partial charge in [0.1, 0.15) is 6.04 Å². The van der Waals surface area contributed by atoms with Crippen molar-refractivity contribution >= 4 is 5.97 Å². The lowest BCUT2D eigenvalue weighted by Gasteiger charge is -2.25. The van der Waals surface area contributed by atoms with Crippen LogP contribution in [0.5, 0.6) is 0 Å². The monoisotopic (exact) mass is 213 g/mol. The van der Waals surface area contributed by atoms with Gasteiger partial charge in [0.15, 0.2) is 0 Å². The van der Waals surface area contributed by atoms with E-state index in [1.807, 2.05) is 11.9 Å². The van der Waals surface area contributed by atoms with Gasteiger partial charge in [-0.25, -0.2) is 0 Å². The summed E-state index contributed by atoms with van der Waals surface area (Å²) in [7, 11) is 1.95. The largest absolute Gasteiger partial charge is 0.464 e. The second-order valence-corrected chi connectivity index (χ2v) is 4.67. The molecule has 4 nitrogen and oxygen atoms in total.